The zero-order valence-electron chi connectivity index (χ0n) is 7.46. The smallest absolute Gasteiger partial charge is 0.192 e. The summed E-state index contributed by atoms with van der Waals surface area (Å²) < 4.78 is 0. The van der Waals surface area contributed by atoms with Crippen LogP contribution in [0, 0.1) is 11.8 Å². The van der Waals surface area contributed by atoms with Gasteiger partial charge >= 0.3 is 0 Å². The second-order valence-corrected chi connectivity index (χ2v) is 2.52. The molecular formula is C11H11ClO. The topological polar surface area (TPSA) is 17.1 Å². The van der Waals surface area contributed by atoms with Gasteiger partial charge in [0.2, 0.25) is 0 Å². The van der Waals surface area contributed by atoms with Gasteiger partial charge in [-0.3, -0.25) is 4.79 Å². The molecule has 0 atom stereocenters. The Morgan fingerprint density at radius 1 is 1.38 bits per heavy atom. The summed E-state index contributed by atoms with van der Waals surface area (Å²) in [4.78, 5) is 9.39. The third kappa shape index (κ3) is 8.65. The van der Waals surface area contributed by atoms with E-state index in [9.17, 15) is 4.79 Å². The molecular weight excluding hydrogens is 184 g/mol. The molecule has 0 aromatic heterocycles. The number of carbonyl (C=O) groups excluding carboxylic acids is 1. The summed E-state index contributed by atoms with van der Waals surface area (Å²) in [5.74, 6) is 4.85. The zero-order valence-corrected chi connectivity index (χ0v) is 8.21. The van der Waals surface area contributed by atoms with Crippen molar-refractivity contribution >= 4 is 17.9 Å². The lowest BCUT2D eigenvalue weighted by atomic mass is 10.4. The minimum atomic E-state index is 0.601. The summed E-state index contributed by atoms with van der Waals surface area (Å²) in [6.07, 6.45) is 1.36. The van der Waals surface area contributed by atoms with Gasteiger partial charge in [0, 0.05) is 11.4 Å². The van der Waals surface area contributed by atoms with Gasteiger partial charge in [0.15, 0.2) is 6.29 Å². The highest BCUT2D eigenvalue weighted by atomic mass is 35.5. The average molecular weight is 195 g/mol. The Hall–Kier alpha value is -1.26. The van der Waals surface area contributed by atoms with Crippen LogP contribution in [0.3, 0.4) is 0 Å². The van der Waals surface area contributed by atoms with Crippen molar-refractivity contribution in [3.05, 3.63) is 35.4 Å². The highest BCUT2D eigenvalue weighted by Crippen LogP contribution is 2.03. The maximum atomic E-state index is 9.39. The van der Waals surface area contributed by atoms with Gasteiger partial charge in [0.1, 0.15) is 0 Å². The Kier molecular flexibility index (Phi) is 7.98. The Balaban J connectivity index is 0.000000226. The van der Waals surface area contributed by atoms with Crippen LogP contribution < -0.4 is 0 Å². The van der Waals surface area contributed by atoms with Crippen molar-refractivity contribution < 1.29 is 4.79 Å². The predicted molar refractivity (Wildman–Crippen MR) is 55.6 cm³/mol. The zero-order chi connectivity index (χ0) is 9.94. The first-order valence-corrected chi connectivity index (χ1v) is 4.31. The average Bonchev–Trinajstić information content (AvgIpc) is 2.17. The molecule has 0 heterocycles. The lowest BCUT2D eigenvalue weighted by molar-refractivity contribution is -0.103. The Labute approximate surface area is 83.7 Å². The molecule has 1 rings (SSSR count). The summed E-state index contributed by atoms with van der Waals surface area (Å²) in [6, 6.07) is 9.44. The van der Waals surface area contributed by atoms with Crippen molar-refractivity contribution in [2.45, 2.75) is 13.3 Å². The van der Waals surface area contributed by atoms with Crippen LogP contribution in [-0.2, 0) is 4.79 Å². The summed E-state index contributed by atoms with van der Waals surface area (Å²) in [5, 5.41) is 0.794. The molecule has 68 valence electrons. The number of aldehydes is 1. The van der Waals surface area contributed by atoms with Crippen LogP contribution in [0.2, 0.25) is 5.02 Å². The molecule has 0 saturated carbocycles. The molecule has 0 aliphatic carbocycles. The van der Waals surface area contributed by atoms with Crippen molar-refractivity contribution in [2.24, 2.45) is 0 Å². The molecule has 2 heteroatoms. The van der Waals surface area contributed by atoms with Crippen molar-refractivity contribution in [3.8, 4) is 11.8 Å². The lowest BCUT2D eigenvalue weighted by Gasteiger charge is -1.80. The van der Waals surface area contributed by atoms with Crippen LogP contribution in [0.4, 0.5) is 0 Å². The molecule has 0 aliphatic rings. The molecule has 0 spiro atoms. The molecule has 0 unspecified atom stereocenters. The highest BCUT2D eigenvalue weighted by molar-refractivity contribution is 6.30. The summed E-state index contributed by atoms with van der Waals surface area (Å²) >= 11 is 5.54. The molecule has 0 fully saturated rings. The third-order valence-electron chi connectivity index (χ3n) is 1.07. The standard InChI is InChI=1S/C6H5Cl.C5H6O/c7-6-4-2-1-3-5-6;1-2-3-4-5-6/h1-5H;5H,2H2,1H3. The van der Waals surface area contributed by atoms with E-state index in [4.69, 9.17) is 11.6 Å². The Morgan fingerprint density at radius 2 is 2.00 bits per heavy atom. The van der Waals surface area contributed by atoms with E-state index in [0.29, 0.717) is 6.29 Å². The van der Waals surface area contributed by atoms with Crippen LogP contribution in [0.5, 0.6) is 0 Å². The highest BCUT2D eigenvalue weighted by Gasteiger charge is 1.74. The number of hydrogen-bond donors (Lipinski definition) is 0. The number of hydrogen-bond acceptors (Lipinski definition) is 1. The maximum Gasteiger partial charge on any atom is 0.192 e. The SMILES string of the molecule is CCC#CC=O.Clc1ccccc1. The molecule has 0 aliphatic heterocycles. The second kappa shape index (κ2) is 8.83. The molecule has 0 saturated heterocycles. The van der Waals surface area contributed by atoms with Crippen LogP contribution in [-0.4, -0.2) is 6.29 Å². The second-order valence-electron chi connectivity index (χ2n) is 2.09. The van der Waals surface area contributed by atoms with E-state index in [-0.39, 0.29) is 0 Å². The lowest BCUT2D eigenvalue weighted by Crippen LogP contribution is -1.56. The Bertz CT molecular complexity index is 282. The third-order valence-corrected chi connectivity index (χ3v) is 1.32. The molecule has 1 nitrogen and oxygen atoms in total. The number of rotatable bonds is 0. The van der Waals surface area contributed by atoms with Gasteiger partial charge in [0.25, 0.3) is 0 Å². The molecule has 1 aromatic carbocycles. The summed E-state index contributed by atoms with van der Waals surface area (Å²) in [5.41, 5.74) is 0. The molecule has 0 N–H and O–H groups in total. The fraction of sp³-hybridized carbons (Fsp3) is 0.182. The number of carbonyl (C=O) groups is 1. The summed E-state index contributed by atoms with van der Waals surface area (Å²) in [6.45, 7) is 1.90. The number of benzene rings is 1. The predicted octanol–water partition coefficient (Wildman–Crippen LogP) is 2.94. The Morgan fingerprint density at radius 3 is 2.23 bits per heavy atom. The van der Waals surface area contributed by atoms with Gasteiger partial charge in [-0.1, -0.05) is 42.6 Å². The van der Waals surface area contributed by atoms with Crippen molar-refractivity contribution in [3.63, 3.8) is 0 Å². The first-order valence-electron chi connectivity index (χ1n) is 3.93. The van der Waals surface area contributed by atoms with E-state index in [1.165, 1.54) is 0 Å². The number of halogens is 1. The fourth-order valence-electron chi connectivity index (χ4n) is 0.558. The van der Waals surface area contributed by atoms with E-state index in [2.05, 4.69) is 11.8 Å². The van der Waals surface area contributed by atoms with E-state index in [1.807, 2.05) is 37.3 Å². The van der Waals surface area contributed by atoms with Crippen LogP contribution in [0.25, 0.3) is 0 Å². The van der Waals surface area contributed by atoms with Gasteiger partial charge in [-0.2, -0.15) is 0 Å². The molecule has 13 heavy (non-hydrogen) atoms. The first-order chi connectivity index (χ1) is 6.31. The molecule has 0 bridgehead atoms. The minimum Gasteiger partial charge on any atom is -0.289 e. The quantitative estimate of drug-likeness (QED) is 0.459. The molecule has 0 amide bonds. The van der Waals surface area contributed by atoms with Gasteiger partial charge in [-0.25, -0.2) is 0 Å². The van der Waals surface area contributed by atoms with Crippen molar-refractivity contribution in [1.29, 1.82) is 0 Å². The van der Waals surface area contributed by atoms with Crippen LogP contribution in [0.1, 0.15) is 13.3 Å². The van der Waals surface area contributed by atoms with Gasteiger partial charge < -0.3 is 0 Å². The minimum absolute atomic E-state index is 0.601. The van der Waals surface area contributed by atoms with Crippen LogP contribution >= 0.6 is 11.6 Å². The summed E-state index contributed by atoms with van der Waals surface area (Å²) in [7, 11) is 0. The first kappa shape index (κ1) is 11.7. The van der Waals surface area contributed by atoms with E-state index >= 15 is 0 Å². The van der Waals surface area contributed by atoms with E-state index < -0.39 is 0 Å². The van der Waals surface area contributed by atoms with Crippen molar-refractivity contribution in [2.75, 3.05) is 0 Å². The van der Waals surface area contributed by atoms with E-state index in [0.717, 1.165) is 11.4 Å². The van der Waals surface area contributed by atoms with Gasteiger partial charge in [-0.05, 0) is 18.1 Å². The largest absolute Gasteiger partial charge is 0.289 e. The van der Waals surface area contributed by atoms with Gasteiger partial charge in [0.05, 0.1) is 0 Å². The maximum absolute atomic E-state index is 9.39. The van der Waals surface area contributed by atoms with Crippen molar-refractivity contribution in [1.82, 2.24) is 0 Å². The molecule has 0 radical (unpaired) electrons. The van der Waals surface area contributed by atoms with Crippen LogP contribution in [0.15, 0.2) is 30.3 Å². The monoisotopic (exact) mass is 194 g/mol. The van der Waals surface area contributed by atoms with E-state index in [1.54, 1.807) is 0 Å². The normalized spacial score (nSPS) is 7.23. The van der Waals surface area contributed by atoms with Gasteiger partial charge in [-0.15, -0.1) is 0 Å². The fourth-order valence-corrected chi connectivity index (χ4v) is 0.704. The molecule has 1 aromatic rings.